The van der Waals surface area contributed by atoms with E-state index in [0.717, 1.165) is 17.0 Å². The Bertz CT molecular complexity index is 1100. The summed E-state index contributed by atoms with van der Waals surface area (Å²) in [5, 5.41) is 11.6. The first-order valence-corrected chi connectivity index (χ1v) is 10.0. The van der Waals surface area contributed by atoms with Gasteiger partial charge in [0.15, 0.2) is 17.3 Å². The third kappa shape index (κ3) is 4.54. The number of ether oxygens (including phenoxy) is 3. The Morgan fingerprint density at radius 3 is 2.97 bits per heavy atom. The number of anilines is 1. The Labute approximate surface area is 176 Å². The van der Waals surface area contributed by atoms with Gasteiger partial charge in [-0.15, -0.1) is 5.10 Å². The van der Waals surface area contributed by atoms with Crippen LogP contribution in [0.5, 0.6) is 17.2 Å². The van der Waals surface area contributed by atoms with Crippen LogP contribution in [-0.4, -0.2) is 46.3 Å². The van der Waals surface area contributed by atoms with Crippen molar-refractivity contribution < 1.29 is 19.0 Å². The molecule has 0 atom stereocenters. The molecule has 0 spiro atoms. The van der Waals surface area contributed by atoms with Crippen molar-refractivity contribution in [1.82, 2.24) is 15.2 Å². The number of methoxy groups -OCH3 is 1. The molecule has 0 radical (unpaired) electrons. The summed E-state index contributed by atoms with van der Waals surface area (Å²) in [6.45, 7) is 2.05. The summed E-state index contributed by atoms with van der Waals surface area (Å²) < 4.78 is 15.8. The molecule has 3 aromatic rings. The molecule has 2 heterocycles. The highest BCUT2D eigenvalue weighted by Gasteiger charge is 2.17. The summed E-state index contributed by atoms with van der Waals surface area (Å²) >= 11 is 1.23. The SMILES string of the molecule is COc1cccc(C(C)=NNc2nc(SCC(=O)c3ccc4c(c3)OCO4)n[nH]2)c1. The van der Waals surface area contributed by atoms with Crippen molar-refractivity contribution in [2.75, 3.05) is 25.1 Å². The van der Waals surface area contributed by atoms with Gasteiger partial charge < -0.3 is 14.2 Å². The Balaban J connectivity index is 1.33. The van der Waals surface area contributed by atoms with Gasteiger partial charge in [0.1, 0.15) is 5.75 Å². The van der Waals surface area contributed by atoms with Gasteiger partial charge in [0.05, 0.1) is 18.6 Å². The van der Waals surface area contributed by atoms with E-state index in [1.807, 2.05) is 31.2 Å². The van der Waals surface area contributed by atoms with Gasteiger partial charge in [-0.05, 0) is 37.3 Å². The quantitative estimate of drug-likeness (QED) is 0.245. The molecule has 1 aliphatic heterocycles. The fraction of sp³-hybridized carbons (Fsp3) is 0.200. The van der Waals surface area contributed by atoms with E-state index in [9.17, 15) is 4.79 Å². The Morgan fingerprint density at radius 1 is 1.23 bits per heavy atom. The number of thioether (sulfide) groups is 1. The molecule has 0 aliphatic carbocycles. The zero-order valence-electron chi connectivity index (χ0n) is 16.3. The maximum absolute atomic E-state index is 12.4. The second kappa shape index (κ2) is 8.87. The van der Waals surface area contributed by atoms with Crippen molar-refractivity contribution in [2.24, 2.45) is 5.10 Å². The summed E-state index contributed by atoms with van der Waals surface area (Å²) in [5.41, 5.74) is 5.08. The van der Waals surface area contributed by atoms with Crippen LogP contribution in [0.2, 0.25) is 0 Å². The summed E-state index contributed by atoms with van der Waals surface area (Å²) in [6, 6.07) is 12.7. The third-order valence-electron chi connectivity index (χ3n) is 4.31. The number of aromatic amines is 1. The van der Waals surface area contributed by atoms with E-state index in [1.165, 1.54) is 11.8 Å². The molecule has 10 heteroatoms. The van der Waals surface area contributed by atoms with Gasteiger partial charge in [-0.3, -0.25) is 4.79 Å². The number of Topliss-reactive ketones (excluding diaryl/α,β-unsaturated/α-hetero) is 1. The lowest BCUT2D eigenvalue weighted by Gasteiger charge is -2.04. The Morgan fingerprint density at radius 2 is 2.10 bits per heavy atom. The second-order valence-electron chi connectivity index (χ2n) is 6.29. The predicted molar refractivity (Wildman–Crippen MR) is 113 cm³/mol. The average molecular weight is 425 g/mol. The standard InChI is InChI=1S/C20H19N5O4S/c1-12(13-4-3-5-15(8-13)27-2)22-23-19-21-20(25-24-19)30-10-16(26)14-6-7-17-18(9-14)29-11-28-17/h3-9H,10-11H2,1-2H3,(H2,21,23,24,25). The molecule has 154 valence electrons. The van der Waals surface area contributed by atoms with Crippen LogP contribution in [0.4, 0.5) is 5.95 Å². The maximum Gasteiger partial charge on any atom is 0.240 e. The molecule has 30 heavy (non-hydrogen) atoms. The van der Waals surface area contributed by atoms with E-state index in [-0.39, 0.29) is 18.3 Å². The average Bonchev–Trinajstić information content (AvgIpc) is 3.44. The third-order valence-corrected chi connectivity index (χ3v) is 5.16. The van der Waals surface area contributed by atoms with Gasteiger partial charge in [-0.2, -0.15) is 10.1 Å². The lowest BCUT2D eigenvalue weighted by Crippen LogP contribution is -2.02. The fourth-order valence-corrected chi connectivity index (χ4v) is 3.39. The molecule has 1 aliphatic rings. The Hall–Kier alpha value is -3.53. The van der Waals surface area contributed by atoms with Crippen molar-refractivity contribution in [1.29, 1.82) is 0 Å². The molecule has 0 saturated heterocycles. The first-order chi connectivity index (χ1) is 14.6. The molecule has 2 N–H and O–H groups in total. The Kier molecular flexibility index (Phi) is 5.84. The number of carbonyl (C=O) groups is 1. The highest BCUT2D eigenvalue weighted by atomic mass is 32.2. The van der Waals surface area contributed by atoms with Gasteiger partial charge in [0.2, 0.25) is 17.9 Å². The number of hydrazone groups is 1. The van der Waals surface area contributed by atoms with E-state index < -0.39 is 0 Å². The first-order valence-electron chi connectivity index (χ1n) is 9.05. The van der Waals surface area contributed by atoms with E-state index in [0.29, 0.717) is 28.2 Å². The number of nitrogens with zero attached hydrogens (tertiary/aromatic N) is 3. The van der Waals surface area contributed by atoms with E-state index >= 15 is 0 Å². The number of nitrogens with one attached hydrogen (secondary N) is 2. The fourth-order valence-electron chi connectivity index (χ4n) is 2.69. The van der Waals surface area contributed by atoms with Crippen molar-refractivity contribution >= 4 is 29.2 Å². The minimum atomic E-state index is -0.0514. The highest BCUT2D eigenvalue weighted by Crippen LogP contribution is 2.33. The van der Waals surface area contributed by atoms with E-state index in [4.69, 9.17) is 14.2 Å². The molecule has 0 amide bonds. The predicted octanol–water partition coefficient (Wildman–Crippen LogP) is 3.35. The molecule has 0 saturated carbocycles. The van der Waals surface area contributed by atoms with Gasteiger partial charge >= 0.3 is 0 Å². The number of benzene rings is 2. The lowest BCUT2D eigenvalue weighted by atomic mass is 10.1. The normalized spacial score (nSPS) is 12.7. The molecule has 4 rings (SSSR count). The number of H-pyrrole nitrogens is 1. The van der Waals surface area contributed by atoms with Crippen LogP contribution < -0.4 is 19.6 Å². The monoisotopic (exact) mass is 425 g/mol. The minimum absolute atomic E-state index is 0.0514. The van der Waals surface area contributed by atoms with Crippen molar-refractivity contribution in [3.8, 4) is 17.2 Å². The van der Waals surface area contributed by atoms with Crippen molar-refractivity contribution in [3.05, 3.63) is 53.6 Å². The number of hydrogen-bond acceptors (Lipinski definition) is 9. The summed E-state index contributed by atoms with van der Waals surface area (Å²) in [4.78, 5) is 16.7. The van der Waals surface area contributed by atoms with Crippen LogP contribution in [0, 0.1) is 0 Å². The van der Waals surface area contributed by atoms with Crippen LogP contribution in [0.1, 0.15) is 22.8 Å². The van der Waals surface area contributed by atoms with E-state index in [2.05, 4.69) is 25.7 Å². The number of fused-ring (bicyclic) bond motifs is 1. The van der Waals surface area contributed by atoms with Crippen LogP contribution in [0.15, 0.2) is 52.7 Å². The van der Waals surface area contributed by atoms with E-state index in [1.54, 1.807) is 25.3 Å². The number of rotatable bonds is 8. The lowest BCUT2D eigenvalue weighted by molar-refractivity contribution is 0.102. The second-order valence-corrected chi connectivity index (χ2v) is 7.23. The summed E-state index contributed by atoms with van der Waals surface area (Å²) in [7, 11) is 1.62. The number of ketones is 1. The summed E-state index contributed by atoms with van der Waals surface area (Å²) in [5.74, 6) is 2.52. The molecular formula is C20H19N5O4S. The molecule has 2 aromatic carbocycles. The van der Waals surface area contributed by atoms with Crippen LogP contribution in [0.25, 0.3) is 0 Å². The zero-order chi connectivity index (χ0) is 20.9. The maximum atomic E-state index is 12.4. The molecule has 0 bridgehead atoms. The van der Waals surface area contributed by atoms with Gasteiger partial charge in [0, 0.05) is 11.1 Å². The van der Waals surface area contributed by atoms with Gasteiger partial charge in [-0.25, -0.2) is 10.5 Å². The molecule has 0 unspecified atom stereocenters. The zero-order valence-corrected chi connectivity index (χ0v) is 17.2. The van der Waals surface area contributed by atoms with Crippen LogP contribution in [-0.2, 0) is 0 Å². The van der Waals surface area contributed by atoms with Gasteiger partial charge in [-0.1, -0.05) is 23.9 Å². The topological polar surface area (TPSA) is 111 Å². The largest absolute Gasteiger partial charge is 0.497 e. The molecule has 9 nitrogen and oxygen atoms in total. The van der Waals surface area contributed by atoms with Crippen LogP contribution in [0.3, 0.4) is 0 Å². The molecular weight excluding hydrogens is 406 g/mol. The smallest absolute Gasteiger partial charge is 0.240 e. The number of hydrogen-bond donors (Lipinski definition) is 2. The summed E-state index contributed by atoms with van der Waals surface area (Å²) in [6.07, 6.45) is 0. The van der Waals surface area contributed by atoms with Crippen LogP contribution >= 0.6 is 11.8 Å². The first kappa shape index (κ1) is 19.8. The molecule has 0 fully saturated rings. The highest BCUT2D eigenvalue weighted by molar-refractivity contribution is 7.99. The number of carbonyl (C=O) groups excluding carboxylic acids is 1. The van der Waals surface area contributed by atoms with Gasteiger partial charge in [0.25, 0.3) is 0 Å². The number of aromatic nitrogens is 3. The molecule has 1 aromatic heterocycles. The minimum Gasteiger partial charge on any atom is -0.497 e. The van der Waals surface area contributed by atoms with Crippen molar-refractivity contribution in [3.63, 3.8) is 0 Å². The van der Waals surface area contributed by atoms with Crippen molar-refractivity contribution in [2.45, 2.75) is 12.1 Å².